The Morgan fingerprint density at radius 3 is 2.09 bits per heavy atom. The smallest absolute Gasteiger partial charge is 0.573 e. The molecule has 0 aromatic heterocycles. The molecule has 3 fully saturated rings. The Hall–Kier alpha value is -2.54. The van der Waals surface area contributed by atoms with Crippen molar-refractivity contribution in [1.82, 2.24) is 9.80 Å². The maximum absolute atomic E-state index is 14.2. The molecule has 3 aromatic rings. The number of nitrogen functional groups attached to an aromatic ring is 1. The second kappa shape index (κ2) is 26.4. The summed E-state index contributed by atoms with van der Waals surface area (Å²) in [5, 5.41) is 60.1. The molecule has 6 rings (SSSR count). The first kappa shape index (κ1) is 64.0. The Bertz CT molecular complexity index is 2370. The SMILES string of the molecule is CC[C@H]1OC(=O)[C@H](C)[C@@H](OC2CC(C)(OC)C(O)C(C)O2)[C@H](C)[C@@H](OC2OC(C)CC(N(C)C)C2O)[C@](C)(O)C[C@@H](C)CN(C)[C@H](C)[C@@H](O)[C@]1(C)O.Nc1ccc(S(=O)(=O)[N-]c2ccc3ccccc3c2)cc1.[Na+]. The third kappa shape index (κ3) is 15.4. The van der Waals surface area contributed by atoms with Crippen molar-refractivity contribution in [3.05, 3.63) is 71.5 Å². The molecule has 0 saturated carbocycles. The van der Waals surface area contributed by atoms with Crippen molar-refractivity contribution in [3.63, 3.8) is 0 Å². The standard InChI is InChI=1S/C38H72N2O12.C16H13N2O2S.Na/c1-15-27-38(10,46)31(42)24(6)40(13)19-20(2)17-36(8,45)33(52-35-29(41)26(39(11)12)16-21(3)48-35)22(4)30(23(5)34(44)50-27)51-28-18-37(9,47-14)32(43)25(7)49-28;17-14-6-9-16(10-7-14)21(19,20)18-15-8-5-12-3-1-2-4-13(12)11-15;/h20-33,35,41-43,45-46H,15-19H2,1-14H3;1-11H,17H2;/q;-1;+1/t20-,21?,22+,23-,24-,25?,26?,27-,28?,29?,30+,31-,32?,33-,35?,36-,37?,38-;;/m1../s1. The fourth-order valence-corrected chi connectivity index (χ4v) is 11.8. The molecule has 7 N–H and O–H groups in total. The van der Waals surface area contributed by atoms with Crippen molar-refractivity contribution in [2.75, 3.05) is 40.5 Å². The number of ether oxygens (including phenoxy) is 6. The number of hydrogen-bond donors (Lipinski definition) is 6. The molecule has 74 heavy (non-hydrogen) atoms. The number of hydrogen-bond acceptors (Lipinski definition) is 17. The zero-order valence-electron chi connectivity index (χ0n) is 46.3. The third-order valence-electron chi connectivity index (χ3n) is 15.3. The van der Waals surface area contributed by atoms with Crippen LogP contribution in [0.5, 0.6) is 0 Å². The van der Waals surface area contributed by atoms with Gasteiger partial charge in [-0.05, 0) is 130 Å². The number of nitrogens with two attached hydrogens (primary N) is 1. The number of likely N-dealkylation sites (N-methyl/N-ethyl adjacent to an activating group) is 2. The Balaban J connectivity index is 0.000000445. The van der Waals surface area contributed by atoms with E-state index in [0.717, 1.165) is 10.8 Å². The minimum atomic E-state index is -3.73. The van der Waals surface area contributed by atoms with Crippen LogP contribution in [-0.4, -0.2) is 175 Å². The minimum Gasteiger partial charge on any atom is -0.573 e. The predicted octanol–water partition coefficient (Wildman–Crippen LogP) is 2.72. The maximum atomic E-state index is 14.2. The van der Waals surface area contributed by atoms with E-state index in [1.54, 1.807) is 65.8 Å². The van der Waals surface area contributed by atoms with Crippen LogP contribution in [0.1, 0.15) is 94.9 Å². The fraction of sp³-hybridized carbons (Fsp3) is 0.685. The third-order valence-corrected chi connectivity index (χ3v) is 16.7. The number of anilines is 1. The van der Waals surface area contributed by atoms with Crippen molar-refractivity contribution >= 4 is 38.1 Å². The van der Waals surface area contributed by atoms with Gasteiger partial charge in [-0.1, -0.05) is 63.2 Å². The van der Waals surface area contributed by atoms with Crippen LogP contribution in [0, 0.1) is 17.8 Å². The Kier molecular flexibility index (Phi) is 22.8. The largest absolute Gasteiger partial charge is 1.00 e. The average Bonchev–Trinajstić information content (AvgIpc) is 3.32. The number of nitrogens with zero attached hydrogens (tertiary/aromatic N) is 3. The Morgan fingerprint density at radius 1 is 0.878 bits per heavy atom. The van der Waals surface area contributed by atoms with Gasteiger partial charge in [-0.2, -0.15) is 0 Å². The molecule has 0 spiro atoms. The quantitative estimate of drug-likeness (QED) is 0.0970. The molecule has 3 aliphatic heterocycles. The van der Waals surface area contributed by atoms with Crippen LogP contribution < -0.4 is 35.3 Å². The van der Waals surface area contributed by atoms with Crippen molar-refractivity contribution in [1.29, 1.82) is 0 Å². The summed E-state index contributed by atoms with van der Waals surface area (Å²) in [6.07, 6.45) is -8.19. The van der Waals surface area contributed by atoms with Crippen molar-refractivity contribution in [3.8, 4) is 0 Å². The number of aliphatic hydroxyl groups is 5. The number of carbonyl (C=O) groups is 1. The summed E-state index contributed by atoms with van der Waals surface area (Å²) in [6, 6.07) is 18.2. The zero-order valence-corrected chi connectivity index (χ0v) is 49.1. The second-order valence-electron chi connectivity index (χ2n) is 21.8. The minimum absolute atomic E-state index is 0. The molecule has 20 heteroatoms. The van der Waals surface area contributed by atoms with Gasteiger partial charge in [0.15, 0.2) is 12.6 Å². The molecule has 18 atom stereocenters. The second-order valence-corrected chi connectivity index (χ2v) is 23.4. The number of esters is 1. The van der Waals surface area contributed by atoms with Crippen molar-refractivity contribution in [2.24, 2.45) is 17.8 Å². The predicted molar refractivity (Wildman–Crippen MR) is 279 cm³/mol. The molecule has 412 valence electrons. The van der Waals surface area contributed by atoms with Gasteiger partial charge in [0, 0.05) is 43.8 Å². The van der Waals surface area contributed by atoms with E-state index in [1.807, 2.05) is 82.0 Å². The molecule has 3 aliphatic rings. The first-order chi connectivity index (χ1) is 34.0. The molecule has 0 bridgehead atoms. The van der Waals surface area contributed by atoms with Crippen molar-refractivity contribution < 1.29 is 96.7 Å². The van der Waals surface area contributed by atoms with E-state index < -0.39 is 106 Å². The first-order valence-electron chi connectivity index (χ1n) is 25.5. The van der Waals surface area contributed by atoms with E-state index in [1.165, 1.54) is 26.2 Å². The van der Waals surface area contributed by atoms with E-state index in [2.05, 4.69) is 4.72 Å². The molecule has 18 nitrogen and oxygen atoms in total. The number of cyclic esters (lactones) is 1. The van der Waals surface area contributed by atoms with E-state index in [-0.39, 0.29) is 71.8 Å². The molecule has 8 unspecified atom stereocenters. The molecule has 0 radical (unpaired) electrons. The number of fused-ring (bicyclic) bond motifs is 1. The number of aliphatic hydroxyl groups excluding tert-OH is 3. The summed E-state index contributed by atoms with van der Waals surface area (Å²) in [4.78, 5) is 18.2. The Morgan fingerprint density at radius 2 is 1.50 bits per heavy atom. The summed E-state index contributed by atoms with van der Waals surface area (Å²) in [6.45, 7) is 18.0. The number of carbonyl (C=O) groups excluding carboxylic acids is 1. The topological polar surface area (TPSA) is 254 Å². The maximum Gasteiger partial charge on any atom is 1.00 e. The summed E-state index contributed by atoms with van der Waals surface area (Å²) in [7, 11) is 3.39. The molecule has 0 aliphatic carbocycles. The summed E-state index contributed by atoms with van der Waals surface area (Å²) in [5.74, 6) is -2.58. The number of methoxy groups -OCH3 is 1. The van der Waals surface area contributed by atoms with Crippen LogP contribution in [0.25, 0.3) is 15.5 Å². The average molecular weight is 1070 g/mol. The number of benzene rings is 3. The van der Waals surface area contributed by atoms with Crippen LogP contribution in [0.15, 0.2) is 71.6 Å². The van der Waals surface area contributed by atoms with Gasteiger partial charge in [0.1, 0.15) is 40.0 Å². The van der Waals surface area contributed by atoms with Gasteiger partial charge in [-0.3, -0.25) is 4.79 Å². The van der Waals surface area contributed by atoms with Gasteiger partial charge in [0.2, 0.25) is 0 Å². The Labute approximate surface area is 461 Å². The van der Waals surface area contributed by atoms with Crippen LogP contribution in [0.4, 0.5) is 11.4 Å². The van der Waals surface area contributed by atoms with Gasteiger partial charge in [0.05, 0.1) is 46.4 Å². The van der Waals surface area contributed by atoms with E-state index in [4.69, 9.17) is 34.2 Å². The van der Waals surface area contributed by atoms with Gasteiger partial charge in [-0.25, -0.2) is 8.42 Å². The van der Waals surface area contributed by atoms with Gasteiger partial charge in [0.25, 0.3) is 0 Å². The number of rotatable bonds is 10. The van der Waals surface area contributed by atoms with E-state index in [9.17, 15) is 38.7 Å². The first-order valence-corrected chi connectivity index (χ1v) is 27.0. The van der Waals surface area contributed by atoms with Crippen LogP contribution >= 0.6 is 0 Å². The molecule has 0 amide bonds. The zero-order chi connectivity index (χ0) is 54.5. The summed E-state index contributed by atoms with van der Waals surface area (Å²) < 4.78 is 65.9. The fourth-order valence-electron chi connectivity index (χ4n) is 10.8. The normalized spacial score (nSPS) is 38.1. The molecular formula is C54H85N4NaO14S. The molecular weight excluding hydrogens is 984 g/mol. The number of sulfonamides is 1. The van der Waals surface area contributed by atoms with Gasteiger partial charge < -0.3 is 74.2 Å². The molecule has 3 aromatic carbocycles. The van der Waals surface area contributed by atoms with Crippen molar-refractivity contribution in [2.45, 2.75) is 190 Å². The van der Waals surface area contributed by atoms with E-state index in [0.29, 0.717) is 24.3 Å². The van der Waals surface area contributed by atoms with Gasteiger partial charge >= 0.3 is 35.5 Å². The summed E-state index contributed by atoms with van der Waals surface area (Å²) in [5.41, 5.74) is 2.11. The van der Waals surface area contributed by atoms with Crippen LogP contribution in [-0.2, 0) is 43.2 Å². The van der Waals surface area contributed by atoms with Crippen LogP contribution in [0.2, 0.25) is 0 Å². The van der Waals surface area contributed by atoms with E-state index >= 15 is 0 Å². The molecule has 3 saturated heterocycles. The monoisotopic (exact) mass is 1070 g/mol. The van der Waals surface area contributed by atoms with Crippen LogP contribution in [0.3, 0.4) is 0 Å². The summed E-state index contributed by atoms with van der Waals surface area (Å²) >= 11 is 0. The molecule has 3 heterocycles. The van der Waals surface area contributed by atoms with Gasteiger partial charge in [-0.15, -0.1) is 5.69 Å².